The molecule has 18 heavy (non-hydrogen) atoms. The Hall–Kier alpha value is -2.10. The quantitative estimate of drug-likeness (QED) is 0.826. The summed E-state index contributed by atoms with van der Waals surface area (Å²) in [5.74, 6) is -0.903. The number of amides is 1. The van der Waals surface area contributed by atoms with Crippen molar-refractivity contribution < 1.29 is 14.7 Å². The Morgan fingerprint density at radius 3 is 2.44 bits per heavy atom. The molecule has 0 saturated heterocycles. The van der Waals surface area contributed by atoms with Crippen LogP contribution in [0.5, 0.6) is 0 Å². The highest BCUT2D eigenvalue weighted by atomic mass is 16.3. The third-order valence-corrected chi connectivity index (χ3v) is 3.14. The van der Waals surface area contributed by atoms with Gasteiger partial charge in [0.05, 0.1) is 6.04 Å². The summed E-state index contributed by atoms with van der Waals surface area (Å²) >= 11 is 0. The molecular formula is C14H15NO3. The van der Waals surface area contributed by atoms with Gasteiger partial charge in [-0.25, -0.2) is 0 Å². The number of aliphatic hydroxyl groups excluding tert-OH is 1. The van der Waals surface area contributed by atoms with Gasteiger partial charge < -0.3 is 10.0 Å². The van der Waals surface area contributed by atoms with Crippen LogP contribution in [0.2, 0.25) is 0 Å². The molecular weight excluding hydrogens is 230 g/mol. The van der Waals surface area contributed by atoms with E-state index in [0.717, 1.165) is 5.56 Å². The third kappa shape index (κ3) is 2.01. The monoisotopic (exact) mass is 245 g/mol. The number of carbonyl (C=O) groups is 2. The topological polar surface area (TPSA) is 57.6 Å². The second-order valence-electron chi connectivity index (χ2n) is 4.41. The number of Topliss-reactive ketones (excluding diaryl/α,β-unsaturated/α-hetero) is 1. The normalized spacial score (nSPS) is 19.6. The van der Waals surface area contributed by atoms with Crippen molar-refractivity contribution in [2.45, 2.75) is 26.4 Å². The molecule has 1 aliphatic rings. The molecule has 1 aromatic carbocycles. The van der Waals surface area contributed by atoms with Crippen LogP contribution in [0.1, 0.15) is 19.4 Å². The minimum atomic E-state index is -0.448. The van der Waals surface area contributed by atoms with Crippen molar-refractivity contribution in [1.29, 1.82) is 0 Å². The van der Waals surface area contributed by atoms with E-state index in [1.54, 1.807) is 6.92 Å². The van der Waals surface area contributed by atoms with E-state index in [-0.39, 0.29) is 17.1 Å². The molecule has 1 unspecified atom stereocenters. The van der Waals surface area contributed by atoms with Gasteiger partial charge in [0.15, 0.2) is 5.78 Å². The van der Waals surface area contributed by atoms with Crippen LogP contribution >= 0.6 is 0 Å². The number of rotatable bonds is 3. The molecule has 1 heterocycles. The molecule has 4 heteroatoms. The molecule has 0 fully saturated rings. The molecule has 0 saturated carbocycles. The fourth-order valence-corrected chi connectivity index (χ4v) is 2.11. The second kappa shape index (κ2) is 4.64. The van der Waals surface area contributed by atoms with E-state index in [2.05, 4.69) is 0 Å². The molecule has 0 aromatic heterocycles. The van der Waals surface area contributed by atoms with Crippen molar-refractivity contribution in [2.75, 3.05) is 0 Å². The summed E-state index contributed by atoms with van der Waals surface area (Å²) in [6, 6.07) is 9.04. The molecule has 0 aliphatic carbocycles. The van der Waals surface area contributed by atoms with Gasteiger partial charge in [-0.3, -0.25) is 9.59 Å². The summed E-state index contributed by atoms with van der Waals surface area (Å²) in [7, 11) is 0. The summed E-state index contributed by atoms with van der Waals surface area (Å²) in [6.45, 7) is 3.40. The summed E-state index contributed by atoms with van der Waals surface area (Å²) in [5.41, 5.74) is 0.883. The highest BCUT2D eigenvalue weighted by Crippen LogP contribution is 2.26. The van der Waals surface area contributed by atoms with Crippen molar-refractivity contribution in [3.8, 4) is 0 Å². The highest BCUT2D eigenvalue weighted by Gasteiger charge is 2.38. The van der Waals surface area contributed by atoms with E-state index in [1.807, 2.05) is 30.3 Å². The third-order valence-electron chi connectivity index (χ3n) is 3.14. The minimum absolute atomic E-state index is 0.0848. The predicted octanol–water partition coefficient (Wildman–Crippen LogP) is 1.82. The molecule has 0 radical (unpaired) electrons. The Bertz CT molecular complexity index is 519. The maximum atomic E-state index is 12.1. The summed E-state index contributed by atoms with van der Waals surface area (Å²) in [5, 5.41) is 9.84. The summed E-state index contributed by atoms with van der Waals surface area (Å²) in [6.07, 6.45) is 0. The zero-order valence-corrected chi connectivity index (χ0v) is 10.4. The van der Waals surface area contributed by atoms with Gasteiger partial charge in [0.25, 0.3) is 5.91 Å². The van der Waals surface area contributed by atoms with E-state index < -0.39 is 11.9 Å². The van der Waals surface area contributed by atoms with Gasteiger partial charge >= 0.3 is 0 Å². The SMILES string of the molecule is CC(=O)C1=C(O)C(C)N(Cc2ccccc2)C1=O. The lowest BCUT2D eigenvalue weighted by Gasteiger charge is -2.22. The largest absolute Gasteiger partial charge is 0.509 e. The first-order valence-corrected chi connectivity index (χ1v) is 5.81. The molecule has 94 valence electrons. The standard InChI is InChI=1S/C14H15NO3/c1-9-13(17)12(10(2)16)14(18)15(9)8-11-6-4-3-5-7-11/h3-7,9,17H,8H2,1-2H3. The van der Waals surface area contributed by atoms with E-state index in [4.69, 9.17) is 0 Å². The molecule has 1 amide bonds. The van der Waals surface area contributed by atoms with Gasteiger partial charge in [-0.2, -0.15) is 0 Å². The fourth-order valence-electron chi connectivity index (χ4n) is 2.11. The van der Waals surface area contributed by atoms with Crippen LogP contribution in [0.4, 0.5) is 0 Å². The molecule has 2 rings (SSSR count). The van der Waals surface area contributed by atoms with Crippen molar-refractivity contribution in [3.63, 3.8) is 0 Å². The summed E-state index contributed by atoms with van der Waals surface area (Å²) in [4.78, 5) is 24.9. The highest BCUT2D eigenvalue weighted by molar-refractivity contribution is 6.20. The average molecular weight is 245 g/mol. The molecule has 0 bridgehead atoms. The zero-order valence-electron chi connectivity index (χ0n) is 10.4. The first-order chi connectivity index (χ1) is 8.52. The average Bonchev–Trinajstić information content (AvgIpc) is 2.55. The fraction of sp³-hybridized carbons (Fsp3) is 0.286. The van der Waals surface area contributed by atoms with Crippen LogP contribution < -0.4 is 0 Å². The first kappa shape index (κ1) is 12.4. The van der Waals surface area contributed by atoms with E-state index in [0.29, 0.717) is 6.54 Å². The van der Waals surface area contributed by atoms with Gasteiger partial charge in [0, 0.05) is 6.54 Å². The number of carbonyl (C=O) groups excluding carboxylic acids is 2. The van der Waals surface area contributed by atoms with Crippen LogP contribution in [-0.4, -0.2) is 27.7 Å². The molecule has 1 aliphatic heterocycles. The number of hydrogen-bond donors (Lipinski definition) is 1. The van der Waals surface area contributed by atoms with Gasteiger partial charge in [-0.05, 0) is 19.4 Å². The number of hydrogen-bond acceptors (Lipinski definition) is 3. The number of benzene rings is 1. The molecule has 1 aromatic rings. The molecule has 1 atom stereocenters. The van der Waals surface area contributed by atoms with Crippen LogP contribution in [-0.2, 0) is 16.1 Å². The van der Waals surface area contributed by atoms with Crippen LogP contribution in [0.3, 0.4) is 0 Å². The maximum Gasteiger partial charge on any atom is 0.261 e. The van der Waals surface area contributed by atoms with Gasteiger partial charge in [0.2, 0.25) is 0 Å². The van der Waals surface area contributed by atoms with Crippen molar-refractivity contribution in [2.24, 2.45) is 0 Å². The van der Waals surface area contributed by atoms with Crippen molar-refractivity contribution in [1.82, 2.24) is 4.90 Å². The van der Waals surface area contributed by atoms with E-state index >= 15 is 0 Å². The smallest absolute Gasteiger partial charge is 0.261 e. The Kier molecular flexibility index (Phi) is 3.19. The Morgan fingerprint density at radius 2 is 1.94 bits per heavy atom. The van der Waals surface area contributed by atoms with Crippen molar-refractivity contribution >= 4 is 11.7 Å². The number of aliphatic hydroxyl groups is 1. The number of nitrogens with zero attached hydrogens (tertiary/aromatic N) is 1. The first-order valence-electron chi connectivity index (χ1n) is 5.81. The Morgan fingerprint density at radius 1 is 1.33 bits per heavy atom. The second-order valence-corrected chi connectivity index (χ2v) is 4.41. The molecule has 4 nitrogen and oxygen atoms in total. The van der Waals surface area contributed by atoms with Gasteiger partial charge in [0.1, 0.15) is 11.3 Å². The number of ketones is 1. The zero-order chi connectivity index (χ0) is 13.3. The lowest BCUT2D eigenvalue weighted by atomic mass is 10.1. The maximum absolute atomic E-state index is 12.1. The van der Waals surface area contributed by atoms with Crippen LogP contribution in [0, 0.1) is 0 Å². The van der Waals surface area contributed by atoms with E-state index in [1.165, 1.54) is 11.8 Å². The van der Waals surface area contributed by atoms with Gasteiger partial charge in [-0.1, -0.05) is 30.3 Å². The van der Waals surface area contributed by atoms with Crippen LogP contribution in [0.15, 0.2) is 41.7 Å². The summed E-state index contributed by atoms with van der Waals surface area (Å²) < 4.78 is 0. The van der Waals surface area contributed by atoms with Crippen molar-refractivity contribution in [3.05, 3.63) is 47.2 Å². The Balaban J connectivity index is 2.24. The Labute approximate surface area is 106 Å². The van der Waals surface area contributed by atoms with E-state index in [9.17, 15) is 14.7 Å². The minimum Gasteiger partial charge on any atom is -0.509 e. The molecule has 1 N–H and O–H groups in total. The predicted molar refractivity (Wildman–Crippen MR) is 66.8 cm³/mol. The lowest BCUT2D eigenvalue weighted by molar-refractivity contribution is -0.129. The van der Waals surface area contributed by atoms with Crippen LogP contribution in [0.25, 0.3) is 0 Å². The lowest BCUT2D eigenvalue weighted by Crippen LogP contribution is -2.33. The molecule has 0 spiro atoms. The van der Waals surface area contributed by atoms with Gasteiger partial charge in [-0.15, -0.1) is 0 Å².